The molecule has 2 N–H and O–H groups in total. The lowest BCUT2D eigenvalue weighted by Gasteiger charge is -2.15. The molecule has 0 aliphatic heterocycles. The summed E-state index contributed by atoms with van der Waals surface area (Å²) in [6.07, 6.45) is 2.80. The second-order valence-corrected chi connectivity index (χ2v) is 5.88. The molecule has 1 saturated carbocycles. The third-order valence-corrected chi connectivity index (χ3v) is 4.57. The number of nitriles is 1. The maximum atomic E-state index is 12.4. The van der Waals surface area contributed by atoms with E-state index in [4.69, 9.17) is 5.26 Å². The first kappa shape index (κ1) is 13.7. The van der Waals surface area contributed by atoms with Crippen LogP contribution in [-0.4, -0.2) is 16.9 Å². The first-order valence-corrected chi connectivity index (χ1v) is 7.39. The van der Waals surface area contributed by atoms with E-state index in [0.717, 1.165) is 35.9 Å². The number of carbonyl (C=O) groups excluding carboxylic acids is 1. The smallest absolute Gasteiger partial charge is 0.251 e. The monoisotopic (exact) mass is 281 g/mol. The van der Waals surface area contributed by atoms with E-state index in [1.807, 2.05) is 25.1 Å². The minimum Gasteiger partial charge on any atom is -0.358 e. The first-order chi connectivity index (χ1) is 10.1. The van der Waals surface area contributed by atoms with Gasteiger partial charge in [0.25, 0.3) is 5.91 Å². The van der Waals surface area contributed by atoms with Gasteiger partial charge in [-0.3, -0.25) is 4.79 Å². The van der Waals surface area contributed by atoms with Gasteiger partial charge in [-0.25, -0.2) is 0 Å². The van der Waals surface area contributed by atoms with Crippen molar-refractivity contribution in [2.24, 2.45) is 5.92 Å². The zero-order valence-electron chi connectivity index (χ0n) is 12.4. The van der Waals surface area contributed by atoms with Gasteiger partial charge in [0, 0.05) is 28.2 Å². The number of fused-ring (bicyclic) bond motifs is 1. The lowest BCUT2D eigenvalue weighted by Crippen LogP contribution is -2.36. The summed E-state index contributed by atoms with van der Waals surface area (Å²) in [4.78, 5) is 15.7. The van der Waals surface area contributed by atoms with E-state index in [1.165, 1.54) is 5.56 Å². The fourth-order valence-corrected chi connectivity index (χ4v) is 3.14. The minimum atomic E-state index is -0.0812. The first-order valence-electron chi connectivity index (χ1n) is 7.39. The largest absolute Gasteiger partial charge is 0.358 e. The van der Waals surface area contributed by atoms with Crippen molar-refractivity contribution in [3.63, 3.8) is 0 Å². The van der Waals surface area contributed by atoms with Crippen molar-refractivity contribution >= 4 is 16.8 Å². The van der Waals surface area contributed by atoms with Gasteiger partial charge in [-0.15, -0.1) is 0 Å². The predicted octanol–water partition coefficient (Wildman–Crippen LogP) is 3.21. The van der Waals surface area contributed by atoms with E-state index < -0.39 is 0 Å². The van der Waals surface area contributed by atoms with Crippen LogP contribution < -0.4 is 5.32 Å². The molecule has 4 heteroatoms. The van der Waals surface area contributed by atoms with Crippen molar-refractivity contribution < 1.29 is 4.79 Å². The van der Waals surface area contributed by atoms with Gasteiger partial charge in [0.1, 0.15) is 0 Å². The number of aromatic nitrogens is 1. The van der Waals surface area contributed by atoms with Crippen LogP contribution in [0.3, 0.4) is 0 Å². The highest BCUT2D eigenvalue weighted by Gasteiger charge is 2.28. The molecule has 2 unspecified atom stereocenters. The van der Waals surface area contributed by atoms with Crippen molar-refractivity contribution in [1.29, 1.82) is 5.26 Å². The lowest BCUT2D eigenvalue weighted by molar-refractivity contribution is 0.0933. The van der Waals surface area contributed by atoms with Crippen LogP contribution in [0, 0.1) is 31.1 Å². The predicted molar refractivity (Wildman–Crippen MR) is 82.0 cm³/mol. The molecule has 21 heavy (non-hydrogen) atoms. The molecule has 0 bridgehead atoms. The zero-order chi connectivity index (χ0) is 15.0. The number of nitrogens with one attached hydrogen (secondary N) is 2. The summed E-state index contributed by atoms with van der Waals surface area (Å²) in [6, 6.07) is 8.00. The molecule has 1 aromatic carbocycles. The van der Waals surface area contributed by atoms with Gasteiger partial charge in [-0.1, -0.05) is 0 Å². The van der Waals surface area contributed by atoms with Crippen LogP contribution in [0.15, 0.2) is 18.2 Å². The molecule has 4 nitrogen and oxygen atoms in total. The average Bonchev–Trinajstić information content (AvgIpc) is 3.04. The van der Waals surface area contributed by atoms with E-state index in [0.29, 0.717) is 5.56 Å². The van der Waals surface area contributed by atoms with Gasteiger partial charge in [0.05, 0.1) is 12.0 Å². The number of carbonyl (C=O) groups is 1. The van der Waals surface area contributed by atoms with Crippen LogP contribution in [0.4, 0.5) is 0 Å². The Labute approximate surface area is 124 Å². The van der Waals surface area contributed by atoms with E-state index in [1.54, 1.807) is 0 Å². The SMILES string of the molecule is Cc1[nH]c2ccc(C(=O)NC3CCCC3C#N)cc2c1C. The molecule has 0 saturated heterocycles. The second kappa shape index (κ2) is 5.25. The quantitative estimate of drug-likeness (QED) is 0.887. The molecular formula is C17H19N3O. The molecule has 1 aliphatic carbocycles. The topological polar surface area (TPSA) is 68.7 Å². The maximum Gasteiger partial charge on any atom is 0.251 e. The van der Waals surface area contributed by atoms with Crippen molar-refractivity contribution in [3.05, 3.63) is 35.0 Å². The number of hydrogen-bond acceptors (Lipinski definition) is 2. The number of benzene rings is 1. The lowest BCUT2D eigenvalue weighted by atomic mass is 10.0. The number of amides is 1. The second-order valence-electron chi connectivity index (χ2n) is 5.88. The number of aromatic amines is 1. The van der Waals surface area contributed by atoms with Crippen molar-refractivity contribution in [1.82, 2.24) is 10.3 Å². The normalized spacial score (nSPS) is 21.4. The minimum absolute atomic E-state index is 0.00717. The van der Waals surface area contributed by atoms with E-state index in [2.05, 4.69) is 23.3 Å². The van der Waals surface area contributed by atoms with Crippen LogP contribution in [0.25, 0.3) is 10.9 Å². The standard InChI is InChI=1S/C17H19N3O/c1-10-11(2)19-16-7-6-12(8-14(10)16)17(21)20-15-5-3-4-13(15)9-18/h6-8,13,15,19H,3-5H2,1-2H3,(H,20,21). The third-order valence-electron chi connectivity index (χ3n) is 4.57. The molecule has 2 atom stereocenters. The van der Waals surface area contributed by atoms with E-state index in [-0.39, 0.29) is 17.9 Å². The molecule has 1 amide bonds. The highest BCUT2D eigenvalue weighted by molar-refractivity contribution is 5.99. The van der Waals surface area contributed by atoms with Crippen LogP contribution >= 0.6 is 0 Å². The molecule has 108 valence electrons. The van der Waals surface area contributed by atoms with Gasteiger partial charge in [-0.05, 0) is 56.9 Å². The molecule has 0 radical (unpaired) electrons. The molecule has 1 aliphatic rings. The van der Waals surface area contributed by atoms with Crippen molar-refractivity contribution in [2.45, 2.75) is 39.2 Å². The summed E-state index contributed by atoms with van der Waals surface area (Å²) in [6.45, 7) is 4.09. The summed E-state index contributed by atoms with van der Waals surface area (Å²) < 4.78 is 0. The number of hydrogen-bond donors (Lipinski definition) is 2. The van der Waals surface area contributed by atoms with Crippen molar-refractivity contribution in [2.75, 3.05) is 0 Å². The number of aryl methyl sites for hydroxylation is 2. The number of H-pyrrole nitrogens is 1. The molecule has 2 aromatic rings. The Kier molecular flexibility index (Phi) is 3.42. The van der Waals surface area contributed by atoms with Gasteiger partial charge < -0.3 is 10.3 Å². The summed E-state index contributed by atoms with van der Waals surface area (Å²) in [5, 5.41) is 13.2. The van der Waals surface area contributed by atoms with Crippen molar-refractivity contribution in [3.8, 4) is 6.07 Å². The molecule has 1 heterocycles. The maximum absolute atomic E-state index is 12.4. The fraction of sp³-hybridized carbons (Fsp3) is 0.412. The summed E-state index contributed by atoms with van der Waals surface area (Å²) in [5.74, 6) is -0.128. The van der Waals surface area contributed by atoms with E-state index in [9.17, 15) is 4.79 Å². The van der Waals surface area contributed by atoms with Crippen LogP contribution in [-0.2, 0) is 0 Å². The fourth-order valence-electron chi connectivity index (χ4n) is 3.14. The van der Waals surface area contributed by atoms with Crippen LogP contribution in [0.2, 0.25) is 0 Å². The van der Waals surface area contributed by atoms with Gasteiger partial charge in [0.15, 0.2) is 0 Å². The Bertz CT molecular complexity index is 738. The molecular weight excluding hydrogens is 262 g/mol. The van der Waals surface area contributed by atoms with Crippen LogP contribution in [0.1, 0.15) is 40.9 Å². The van der Waals surface area contributed by atoms with E-state index >= 15 is 0 Å². The van der Waals surface area contributed by atoms with Gasteiger partial charge in [-0.2, -0.15) is 5.26 Å². The van der Waals surface area contributed by atoms with Crippen LogP contribution in [0.5, 0.6) is 0 Å². The van der Waals surface area contributed by atoms with Gasteiger partial charge in [0.2, 0.25) is 0 Å². The Balaban J connectivity index is 1.85. The Morgan fingerprint density at radius 1 is 1.38 bits per heavy atom. The summed E-state index contributed by atoms with van der Waals surface area (Å²) in [7, 11) is 0. The summed E-state index contributed by atoms with van der Waals surface area (Å²) in [5.41, 5.74) is 4.02. The Hall–Kier alpha value is -2.28. The van der Waals surface area contributed by atoms with Gasteiger partial charge >= 0.3 is 0 Å². The highest BCUT2D eigenvalue weighted by Crippen LogP contribution is 2.26. The third kappa shape index (κ3) is 2.40. The average molecular weight is 281 g/mol. The molecule has 3 rings (SSSR count). The summed E-state index contributed by atoms with van der Waals surface area (Å²) >= 11 is 0. The zero-order valence-corrected chi connectivity index (χ0v) is 12.4. The molecule has 1 fully saturated rings. The Morgan fingerprint density at radius 2 is 2.19 bits per heavy atom. The Morgan fingerprint density at radius 3 is 2.95 bits per heavy atom. The molecule has 0 spiro atoms. The number of nitrogens with zero attached hydrogens (tertiary/aromatic N) is 1. The highest BCUT2D eigenvalue weighted by atomic mass is 16.1. The molecule has 1 aromatic heterocycles. The number of rotatable bonds is 2.